The minimum absolute atomic E-state index is 0.807. The lowest BCUT2D eigenvalue weighted by atomic mass is 9.89. The third kappa shape index (κ3) is 2.92. The molecule has 2 nitrogen and oxygen atoms in total. The van der Waals surface area contributed by atoms with Gasteiger partial charge >= 0.3 is 0 Å². The first kappa shape index (κ1) is 14.1. The predicted molar refractivity (Wildman–Crippen MR) is 91.7 cm³/mol. The highest BCUT2D eigenvalue weighted by molar-refractivity contribution is 14.1. The van der Waals surface area contributed by atoms with Crippen LogP contribution in [-0.4, -0.2) is 9.78 Å². The molecule has 0 spiro atoms. The van der Waals surface area contributed by atoms with E-state index in [2.05, 4.69) is 64.5 Å². The van der Waals surface area contributed by atoms with E-state index in [9.17, 15) is 0 Å². The Kier molecular flexibility index (Phi) is 4.44. The average molecular weight is 380 g/mol. The van der Waals surface area contributed by atoms with Crippen LogP contribution in [0.15, 0.2) is 30.3 Å². The molecule has 0 radical (unpaired) electrons. The third-order valence-electron chi connectivity index (χ3n) is 4.26. The van der Waals surface area contributed by atoms with Gasteiger partial charge in [-0.15, -0.1) is 0 Å². The maximum atomic E-state index is 4.79. The van der Waals surface area contributed by atoms with Crippen molar-refractivity contribution in [3.8, 4) is 11.3 Å². The molecule has 106 valence electrons. The van der Waals surface area contributed by atoms with E-state index < -0.39 is 0 Å². The van der Waals surface area contributed by atoms with Gasteiger partial charge in [0.15, 0.2) is 0 Å². The molecule has 0 saturated heterocycles. The van der Waals surface area contributed by atoms with Crippen LogP contribution in [0, 0.1) is 16.4 Å². The minimum Gasteiger partial charge on any atom is -0.263 e. The smallest absolute Gasteiger partial charge is 0.0818 e. The number of halogens is 1. The van der Waals surface area contributed by atoms with Crippen molar-refractivity contribution in [3.63, 3.8) is 0 Å². The maximum absolute atomic E-state index is 4.79. The summed E-state index contributed by atoms with van der Waals surface area (Å²) in [7, 11) is 0. The Bertz CT molecular complexity index is 568. The fourth-order valence-corrected chi connectivity index (χ4v) is 3.88. The number of nitrogens with zero attached hydrogens (tertiary/aromatic N) is 2. The first-order chi connectivity index (χ1) is 9.75. The number of benzene rings is 1. The highest BCUT2D eigenvalue weighted by atomic mass is 127. The van der Waals surface area contributed by atoms with Gasteiger partial charge in [-0.1, -0.05) is 49.6 Å². The normalized spacial score (nSPS) is 16.5. The van der Waals surface area contributed by atoms with Crippen LogP contribution in [0.5, 0.6) is 0 Å². The number of hydrogen-bond donors (Lipinski definition) is 0. The zero-order chi connectivity index (χ0) is 13.9. The van der Waals surface area contributed by atoms with Crippen molar-refractivity contribution < 1.29 is 0 Å². The Balaban J connectivity index is 1.92. The average Bonchev–Trinajstić information content (AvgIpc) is 2.76. The van der Waals surface area contributed by atoms with Gasteiger partial charge in [0.1, 0.15) is 0 Å². The number of aryl methyl sites for hydroxylation is 1. The lowest BCUT2D eigenvalue weighted by Gasteiger charge is -2.22. The second-order valence-corrected chi connectivity index (χ2v) is 6.88. The molecule has 3 heteroatoms. The molecule has 1 fully saturated rings. The van der Waals surface area contributed by atoms with Crippen LogP contribution in [0.1, 0.15) is 37.8 Å². The number of hydrogen-bond acceptors (Lipinski definition) is 1. The van der Waals surface area contributed by atoms with Gasteiger partial charge in [-0.2, -0.15) is 5.10 Å². The van der Waals surface area contributed by atoms with Crippen LogP contribution in [0.3, 0.4) is 0 Å². The zero-order valence-electron chi connectivity index (χ0n) is 12.0. The molecule has 0 amide bonds. The van der Waals surface area contributed by atoms with Crippen LogP contribution in [-0.2, 0) is 6.54 Å². The molecule has 1 aromatic heterocycles. The summed E-state index contributed by atoms with van der Waals surface area (Å²) in [5, 5.41) is 4.79. The molecule has 0 atom stereocenters. The summed E-state index contributed by atoms with van der Waals surface area (Å²) >= 11 is 2.44. The molecule has 0 bridgehead atoms. The lowest BCUT2D eigenvalue weighted by Crippen LogP contribution is -2.16. The summed E-state index contributed by atoms with van der Waals surface area (Å²) in [6.07, 6.45) is 6.93. The number of rotatable bonds is 3. The maximum Gasteiger partial charge on any atom is 0.0818 e. The molecule has 0 unspecified atom stereocenters. The second-order valence-electron chi connectivity index (χ2n) is 5.80. The molecule has 1 aromatic carbocycles. The molecule has 1 aliphatic rings. The second kappa shape index (κ2) is 6.29. The summed E-state index contributed by atoms with van der Waals surface area (Å²) in [6.45, 7) is 3.19. The van der Waals surface area contributed by atoms with Crippen molar-refractivity contribution in [2.75, 3.05) is 0 Å². The van der Waals surface area contributed by atoms with Gasteiger partial charge in [0.25, 0.3) is 0 Å². The standard InChI is InChI=1S/C17H21IN2/c1-13-16(18)17(15-10-6-3-7-11-15)20(19-13)12-14-8-4-2-5-9-14/h3,6-7,10-11,14H,2,4-5,8-9,12H2,1H3. The van der Waals surface area contributed by atoms with E-state index in [0.29, 0.717) is 0 Å². The fourth-order valence-electron chi connectivity index (χ4n) is 3.18. The van der Waals surface area contributed by atoms with Gasteiger partial charge in [0.05, 0.1) is 15.0 Å². The van der Waals surface area contributed by atoms with Crippen LogP contribution in [0.4, 0.5) is 0 Å². The van der Waals surface area contributed by atoms with E-state index >= 15 is 0 Å². The van der Waals surface area contributed by atoms with Crippen molar-refractivity contribution >= 4 is 22.6 Å². The molecule has 2 aromatic rings. The Morgan fingerprint density at radius 1 is 1.15 bits per heavy atom. The van der Waals surface area contributed by atoms with Crippen molar-refractivity contribution in [1.82, 2.24) is 9.78 Å². The molecule has 1 heterocycles. The molecular weight excluding hydrogens is 359 g/mol. The summed E-state index contributed by atoms with van der Waals surface area (Å²) < 4.78 is 3.55. The van der Waals surface area contributed by atoms with Crippen LogP contribution < -0.4 is 0 Å². The van der Waals surface area contributed by atoms with E-state index in [1.807, 2.05) is 0 Å². The quantitative estimate of drug-likeness (QED) is 0.682. The molecular formula is C17H21IN2. The van der Waals surface area contributed by atoms with E-state index in [1.165, 1.54) is 46.9 Å². The van der Waals surface area contributed by atoms with Crippen LogP contribution in [0.2, 0.25) is 0 Å². The minimum atomic E-state index is 0.807. The summed E-state index contributed by atoms with van der Waals surface area (Å²) in [5.74, 6) is 0.807. The molecule has 1 aliphatic carbocycles. The largest absolute Gasteiger partial charge is 0.263 e. The Labute approximate surface area is 134 Å². The first-order valence-corrected chi connectivity index (χ1v) is 8.62. The lowest BCUT2D eigenvalue weighted by molar-refractivity contribution is 0.309. The summed E-state index contributed by atoms with van der Waals surface area (Å²) in [6, 6.07) is 10.7. The van der Waals surface area contributed by atoms with Crippen molar-refractivity contribution in [2.45, 2.75) is 45.6 Å². The fraction of sp³-hybridized carbons (Fsp3) is 0.471. The van der Waals surface area contributed by atoms with Gasteiger partial charge in [0, 0.05) is 12.1 Å². The van der Waals surface area contributed by atoms with E-state index in [4.69, 9.17) is 5.10 Å². The van der Waals surface area contributed by atoms with Crippen molar-refractivity contribution in [1.29, 1.82) is 0 Å². The Morgan fingerprint density at radius 2 is 1.85 bits per heavy atom. The topological polar surface area (TPSA) is 17.8 Å². The Morgan fingerprint density at radius 3 is 2.55 bits per heavy atom. The SMILES string of the molecule is Cc1nn(CC2CCCCC2)c(-c2ccccc2)c1I. The van der Waals surface area contributed by atoms with Gasteiger partial charge in [-0.3, -0.25) is 4.68 Å². The van der Waals surface area contributed by atoms with E-state index in [-0.39, 0.29) is 0 Å². The van der Waals surface area contributed by atoms with Gasteiger partial charge in [0.2, 0.25) is 0 Å². The van der Waals surface area contributed by atoms with Gasteiger partial charge in [-0.05, 0) is 48.3 Å². The van der Waals surface area contributed by atoms with E-state index in [0.717, 1.165) is 18.2 Å². The number of aromatic nitrogens is 2. The van der Waals surface area contributed by atoms with Crippen LogP contribution in [0.25, 0.3) is 11.3 Å². The molecule has 0 N–H and O–H groups in total. The third-order valence-corrected chi connectivity index (χ3v) is 5.55. The summed E-state index contributed by atoms with van der Waals surface area (Å²) in [4.78, 5) is 0. The van der Waals surface area contributed by atoms with Crippen molar-refractivity contribution in [2.24, 2.45) is 5.92 Å². The molecule has 1 saturated carbocycles. The monoisotopic (exact) mass is 380 g/mol. The zero-order valence-corrected chi connectivity index (χ0v) is 14.1. The Hall–Kier alpha value is -0.840. The molecule has 0 aliphatic heterocycles. The molecule has 20 heavy (non-hydrogen) atoms. The summed E-state index contributed by atoms with van der Waals surface area (Å²) in [5.41, 5.74) is 3.74. The first-order valence-electron chi connectivity index (χ1n) is 7.54. The van der Waals surface area contributed by atoms with Crippen LogP contribution >= 0.6 is 22.6 Å². The van der Waals surface area contributed by atoms with Gasteiger partial charge < -0.3 is 0 Å². The van der Waals surface area contributed by atoms with Crippen molar-refractivity contribution in [3.05, 3.63) is 39.6 Å². The van der Waals surface area contributed by atoms with Gasteiger partial charge in [-0.25, -0.2) is 0 Å². The highest BCUT2D eigenvalue weighted by Gasteiger charge is 2.19. The molecule has 3 rings (SSSR count). The predicted octanol–water partition coefficient (Wildman–Crippen LogP) is 5.04. The van der Waals surface area contributed by atoms with E-state index in [1.54, 1.807) is 0 Å². The highest BCUT2D eigenvalue weighted by Crippen LogP contribution is 2.31.